The van der Waals surface area contributed by atoms with Gasteiger partial charge in [0, 0.05) is 27.9 Å². The van der Waals surface area contributed by atoms with Crippen LogP contribution < -0.4 is 15.2 Å². The monoisotopic (exact) mass is 387 g/mol. The minimum Gasteiger partial charge on any atom is -0.550 e. The fourth-order valence-electron chi connectivity index (χ4n) is 2.46. The first-order valence-electron chi connectivity index (χ1n) is 8.01. The van der Waals surface area contributed by atoms with E-state index in [0.29, 0.717) is 33.1 Å². The van der Waals surface area contributed by atoms with Crippen LogP contribution in [0.2, 0.25) is 5.02 Å². The normalized spacial score (nSPS) is 10.5. The minimum absolute atomic E-state index is 0.204. The molecule has 1 aromatic heterocycles. The molecule has 3 aromatic rings. The van der Waals surface area contributed by atoms with Gasteiger partial charge in [0.1, 0.15) is 5.75 Å². The topological polar surface area (TPSA) is 74.3 Å². The molecule has 1 N–H and O–H groups in total. The Kier molecular flexibility index (Phi) is 5.75. The second kappa shape index (κ2) is 8.21. The van der Waals surface area contributed by atoms with Crippen molar-refractivity contribution in [3.8, 4) is 17.0 Å². The number of anilines is 2. The number of hydrogen-bond acceptors (Lipinski definition) is 6. The molecule has 1 heterocycles. The molecule has 134 valence electrons. The fourth-order valence-corrected chi connectivity index (χ4v) is 3.56. The summed E-state index contributed by atoms with van der Waals surface area (Å²) >= 11 is 7.21. The summed E-state index contributed by atoms with van der Waals surface area (Å²) in [5.41, 5.74) is 2.17. The summed E-state index contributed by atoms with van der Waals surface area (Å²) in [7, 11) is 0. The van der Waals surface area contributed by atoms with E-state index in [1.54, 1.807) is 12.1 Å². The molecule has 3 rings (SSSR count). The fraction of sp³-hybridized carbons (Fsp3) is 0.158. The third-order valence-corrected chi connectivity index (χ3v) is 4.77. The lowest BCUT2D eigenvalue weighted by Crippen LogP contribution is -2.24. The van der Waals surface area contributed by atoms with Crippen LogP contribution in [0.25, 0.3) is 11.3 Å². The second-order valence-corrected chi connectivity index (χ2v) is 6.92. The van der Waals surface area contributed by atoms with Crippen LogP contribution in [0.5, 0.6) is 5.75 Å². The highest BCUT2D eigenvalue weighted by Crippen LogP contribution is 2.35. The molecule has 2 aromatic carbocycles. The maximum atomic E-state index is 11.1. The van der Waals surface area contributed by atoms with Gasteiger partial charge in [0.25, 0.3) is 0 Å². The number of aromatic nitrogens is 1. The predicted molar refractivity (Wildman–Crippen MR) is 102 cm³/mol. The van der Waals surface area contributed by atoms with Gasteiger partial charge in [-0.25, -0.2) is 4.98 Å². The first kappa shape index (κ1) is 18.2. The van der Waals surface area contributed by atoms with Gasteiger partial charge >= 0.3 is 0 Å². The molecule has 0 bridgehead atoms. The molecule has 0 amide bonds. The number of halogens is 1. The highest BCUT2D eigenvalue weighted by molar-refractivity contribution is 7.16. The molecule has 0 fully saturated rings. The zero-order valence-electron chi connectivity index (χ0n) is 14.0. The number of hydrogen-bond donors (Lipinski definition) is 1. The Morgan fingerprint density at radius 3 is 2.65 bits per heavy atom. The van der Waals surface area contributed by atoms with Gasteiger partial charge in [0.15, 0.2) is 5.13 Å². The second-order valence-electron chi connectivity index (χ2n) is 5.40. The van der Waals surface area contributed by atoms with Crippen molar-refractivity contribution in [2.45, 2.75) is 13.3 Å². The molecule has 26 heavy (non-hydrogen) atoms. The van der Waals surface area contributed by atoms with Gasteiger partial charge < -0.3 is 20.0 Å². The third kappa shape index (κ3) is 4.33. The van der Waals surface area contributed by atoms with Gasteiger partial charge in [-0.05, 0) is 31.2 Å². The molecule has 0 aliphatic rings. The van der Waals surface area contributed by atoms with Gasteiger partial charge in [-0.3, -0.25) is 0 Å². The lowest BCUT2D eigenvalue weighted by atomic mass is 10.1. The van der Waals surface area contributed by atoms with Gasteiger partial charge in [-0.1, -0.05) is 35.9 Å². The number of carbonyl (C=O) groups excluding carboxylic acids is 1. The average molecular weight is 388 g/mol. The van der Waals surface area contributed by atoms with Crippen molar-refractivity contribution >= 4 is 39.7 Å². The SMILES string of the molecule is CCOc1ccccc1Nc1nc(-c2ccc(Cl)cc2)c(CC(=O)[O-])s1. The number of carbonyl (C=O) groups is 1. The Morgan fingerprint density at radius 2 is 1.96 bits per heavy atom. The van der Waals surface area contributed by atoms with Crippen molar-refractivity contribution in [2.75, 3.05) is 11.9 Å². The molecule has 0 aliphatic heterocycles. The van der Waals surface area contributed by atoms with E-state index in [2.05, 4.69) is 10.3 Å². The Morgan fingerprint density at radius 1 is 1.23 bits per heavy atom. The van der Waals surface area contributed by atoms with Crippen LogP contribution in [-0.2, 0) is 11.2 Å². The predicted octanol–water partition coefficient (Wildman–Crippen LogP) is 3.90. The molecule has 0 unspecified atom stereocenters. The number of benzene rings is 2. The van der Waals surface area contributed by atoms with E-state index in [1.165, 1.54) is 11.3 Å². The van der Waals surface area contributed by atoms with Crippen molar-refractivity contribution in [2.24, 2.45) is 0 Å². The van der Waals surface area contributed by atoms with Crippen LogP contribution in [0.3, 0.4) is 0 Å². The Bertz CT molecular complexity index is 909. The van der Waals surface area contributed by atoms with E-state index in [-0.39, 0.29) is 6.42 Å². The van der Waals surface area contributed by atoms with E-state index >= 15 is 0 Å². The smallest absolute Gasteiger partial charge is 0.188 e. The maximum absolute atomic E-state index is 11.1. The summed E-state index contributed by atoms with van der Waals surface area (Å²) in [4.78, 5) is 16.3. The largest absolute Gasteiger partial charge is 0.550 e. The van der Waals surface area contributed by atoms with Crippen LogP contribution in [0, 0.1) is 0 Å². The zero-order chi connectivity index (χ0) is 18.5. The molecule has 5 nitrogen and oxygen atoms in total. The van der Waals surface area contributed by atoms with Crippen LogP contribution in [-0.4, -0.2) is 17.6 Å². The Hall–Kier alpha value is -2.57. The number of aliphatic carboxylic acids is 1. The van der Waals surface area contributed by atoms with Crippen LogP contribution in [0.4, 0.5) is 10.8 Å². The quantitative estimate of drug-likeness (QED) is 0.665. The van der Waals surface area contributed by atoms with Crippen LogP contribution in [0.1, 0.15) is 11.8 Å². The minimum atomic E-state index is -1.15. The molecular weight excluding hydrogens is 372 g/mol. The molecule has 7 heteroatoms. The number of para-hydroxylation sites is 2. The van der Waals surface area contributed by atoms with Crippen molar-refractivity contribution in [1.29, 1.82) is 0 Å². The Balaban J connectivity index is 1.96. The average Bonchev–Trinajstić information content (AvgIpc) is 2.99. The van der Waals surface area contributed by atoms with Crippen molar-refractivity contribution in [3.63, 3.8) is 0 Å². The van der Waals surface area contributed by atoms with Gasteiger partial charge in [0.05, 0.1) is 18.0 Å². The van der Waals surface area contributed by atoms with Gasteiger partial charge in [-0.2, -0.15) is 0 Å². The standard InChI is InChI=1S/C19H17ClN2O3S/c1-2-25-15-6-4-3-5-14(15)21-19-22-18(16(26-19)11-17(23)24)12-7-9-13(20)10-8-12/h3-10H,2,11H2,1H3,(H,21,22)(H,23,24)/p-1. The molecule has 0 saturated heterocycles. The Labute approximate surface area is 160 Å². The van der Waals surface area contributed by atoms with Gasteiger partial charge in [0.2, 0.25) is 0 Å². The van der Waals surface area contributed by atoms with Gasteiger partial charge in [-0.15, -0.1) is 11.3 Å². The van der Waals surface area contributed by atoms with E-state index in [4.69, 9.17) is 16.3 Å². The number of carboxylic acid groups (broad SMARTS) is 1. The summed E-state index contributed by atoms with van der Waals surface area (Å²) < 4.78 is 5.60. The lowest BCUT2D eigenvalue weighted by Gasteiger charge is -2.09. The van der Waals surface area contributed by atoms with E-state index in [9.17, 15) is 9.90 Å². The molecule has 0 atom stereocenters. The summed E-state index contributed by atoms with van der Waals surface area (Å²) in [6, 6.07) is 14.6. The number of rotatable bonds is 7. The number of carboxylic acids is 1. The number of nitrogens with one attached hydrogen (secondary N) is 1. The molecular formula is C19H16ClN2O3S-. The maximum Gasteiger partial charge on any atom is 0.188 e. The zero-order valence-corrected chi connectivity index (χ0v) is 15.6. The number of nitrogens with zero attached hydrogens (tertiary/aromatic N) is 1. The van der Waals surface area contributed by atoms with Crippen molar-refractivity contribution in [3.05, 3.63) is 58.4 Å². The first-order valence-corrected chi connectivity index (χ1v) is 9.20. The molecule has 0 saturated carbocycles. The summed E-state index contributed by atoms with van der Waals surface area (Å²) in [6.45, 7) is 2.46. The summed E-state index contributed by atoms with van der Waals surface area (Å²) in [5, 5.41) is 15.5. The van der Waals surface area contributed by atoms with Crippen molar-refractivity contribution in [1.82, 2.24) is 4.98 Å². The first-order chi connectivity index (χ1) is 12.6. The lowest BCUT2D eigenvalue weighted by molar-refractivity contribution is -0.304. The van der Waals surface area contributed by atoms with E-state index in [1.807, 2.05) is 43.3 Å². The highest BCUT2D eigenvalue weighted by Gasteiger charge is 2.15. The highest BCUT2D eigenvalue weighted by atomic mass is 35.5. The molecule has 0 radical (unpaired) electrons. The third-order valence-electron chi connectivity index (χ3n) is 3.55. The van der Waals surface area contributed by atoms with Crippen LogP contribution in [0.15, 0.2) is 48.5 Å². The van der Waals surface area contributed by atoms with E-state index < -0.39 is 5.97 Å². The molecule has 0 aliphatic carbocycles. The summed E-state index contributed by atoms with van der Waals surface area (Å²) in [6.07, 6.45) is -0.204. The number of thiazole rings is 1. The molecule has 0 spiro atoms. The van der Waals surface area contributed by atoms with Crippen LogP contribution >= 0.6 is 22.9 Å². The van der Waals surface area contributed by atoms with Crippen molar-refractivity contribution < 1.29 is 14.6 Å². The van der Waals surface area contributed by atoms with E-state index in [0.717, 1.165) is 11.3 Å². The number of ether oxygens (including phenoxy) is 1. The summed E-state index contributed by atoms with van der Waals surface area (Å²) in [5.74, 6) is -0.440.